The van der Waals surface area contributed by atoms with Gasteiger partial charge in [-0.25, -0.2) is 0 Å². The van der Waals surface area contributed by atoms with E-state index >= 15 is 0 Å². The van der Waals surface area contributed by atoms with E-state index in [1.807, 2.05) is 30.3 Å². The first-order valence-corrected chi connectivity index (χ1v) is 19.6. The number of hydrogen-bond acceptors (Lipinski definition) is 14. The summed E-state index contributed by atoms with van der Waals surface area (Å²) in [5, 5.41) is 64.2. The molecule has 9 unspecified atom stereocenters. The molecule has 5 bridgehead atoms. The number of nitrogens with one attached hydrogen (secondary N) is 1. The number of esters is 1. The second kappa shape index (κ2) is 18.6. The van der Waals surface area contributed by atoms with Crippen molar-refractivity contribution >= 4 is 40.3 Å². The van der Waals surface area contributed by atoms with Crippen molar-refractivity contribution in [1.82, 2.24) is 0 Å². The summed E-state index contributed by atoms with van der Waals surface area (Å²) in [7, 11) is 1.43. The molecule has 0 radical (unpaired) electrons. The Hall–Kier alpha value is -5.90. The molecule has 3 aliphatic heterocycles. The fourth-order valence-corrected chi connectivity index (χ4v) is 7.65. The summed E-state index contributed by atoms with van der Waals surface area (Å²) >= 11 is 0. The molecule has 6 N–H and O–H groups in total. The summed E-state index contributed by atoms with van der Waals surface area (Å²) in [5.41, 5.74) is 0.113. The molecule has 0 saturated carbocycles. The molecule has 3 aliphatic rings. The van der Waals surface area contributed by atoms with Gasteiger partial charge in [-0.2, -0.15) is 0 Å². The number of aliphatic hydroxyl groups excluding tert-OH is 2. The summed E-state index contributed by atoms with van der Waals surface area (Å²) in [4.78, 5) is 45.9. The number of ketones is 1. The average molecular weight is 831 g/mol. The number of ether oxygens (including phenoxy) is 4. The predicted molar refractivity (Wildman–Crippen MR) is 223 cm³/mol. The van der Waals surface area contributed by atoms with Gasteiger partial charge in [-0.3, -0.25) is 14.4 Å². The zero-order valence-corrected chi connectivity index (χ0v) is 35.1. The summed E-state index contributed by atoms with van der Waals surface area (Å²) in [6.07, 6.45) is 4.47. The van der Waals surface area contributed by atoms with Crippen LogP contribution >= 0.6 is 0 Å². The number of phenolic OH excluding ortho intramolecular Hbond substituents is 3. The van der Waals surface area contributed by atoms with Crippen LogP contribution in [0.1, 0.15) is 75.5 Å². The smallest absolute Gasteiger partial charge is 0.312 e. The van der Waals surface area contributed by atoms with Crippen molar-refractivity contribution in [3.8, 4) is 23.0 Å². The summed E-state index contributed by atoms with van der Waals surface area (Å²) in [5.74, 6) is -8.73. The molecule has 3 aromatic rings. The third kappa shape index (κ3) is 8.98. The number of fused-ring (bicyclic) bond motifs is 14. The Bertz CT molecular complexity index is 2230. The number of carbonyl (C=O) groups excluding carboxylic acids is 3. The van der Waals surface area contributed by atoms with Gasteiger partial charge in [0, 0.05) is 61.2 Å². The van der Waals surface area contributed by atoms with Crippen LogP contribution in [-0.2, 0) is 35.2 Å². The van der Waals surface area contributed by atoms with Crippen LogP contribution in [0.4, 0.5) is 5.69 Å². The second-order valence-electron chi connectivity index (χ2n) is 15.6. The number of oxime groups is 1. The van der Waals surface area contributed by atoms with E-state index < -0.39 is 88.8 Å². The molecule has 1 amide bonds. The van der Waals surface area contributed by atoms with E-state index in [-0.39, 0.29) is 51.1 Å². The number of carbonyl (C=O) groups is 3. The normalized spacial score (nSPS) is 29.7. The van der Waals surface area contributed by atoms with Crippen LogP contribution in [0.25, 0.3) is 10.8 Å². The van der Waals surface area contributed by atoms with Gasteiger partial charge in [-0.15, -0.1) is 0 Å². The number of amides is 1. The average Bonchev–Trinajstić information content (AvgIpc) is 3.48. The second-order valence-corrected chi connectivity index (χ2v) is 15.6. The molecule has 15 nitrogen and oxygen atoms in total. The van der Waals surface area contributed by atoms with Crippen molar-refractivity contribution in [3.05, 3.63) is 88.7 Å². The van der Waals surface area contributed by atoms with Crippen LogP contribution in [0.5, 0.6) is 23.0 Å². The Morgan fingerprint density at radius 1 is 0.933 bits per heavy atom. The number of allylic oxidation sites excluding steroid dienone is 2. The molecule has 0 saturated heterocycles. The Morgan fingerprint density at radius 3 is 2.27 bits per heavy atom. The number of Topliss-reactive ketones (excluding diaryl/α,β-unsaturated/α-hetero) is 1. The Labute approximate surface area is 348 Å². The van der Waals surface area contributed by atoms with Gasteiger partial charge < -0.3 is 54.6 Å². The highest BCUT2D eigenvalue weighted by Gasteiger charge is 2.50. The number of anilines is 1. The van der Waals surface area contributed by atoms with E-state index in [9.17, 15) is 39.9 Å². The molecule has 3 heterocycles. The van der Waals surface area contributed by atoms with Gasteiger partial charge in [0.05, 0.1) is 53.0 Å². The molecule has 0 fully saturated rings. The van der Waals surface area contributed by atoms with Crippen LogP contribution < -0.4 is 10.1 Å². The molecule has 60 heavy (non-hydrogen) atoms. The number of aliphatic hydroxyl groups is 2. The molecule has 15 heteroatoms. The zero-order chi connectivity index (χ0) is 44.2. The van der Waals surface area contributed by atoms with E-state index in [0.717, 1.165) is 11.8 Å². The van der Waals surface area contributed by atoms with Crippen molar-refractivity contribution in [3.63, 3.8) is 0 Å². The molecule has 6 rings (SSSR count). The zero-order valence-electron chi connectivity index (χ0n) is 35.1. The minimum atomic E-state index is -2.07. The quantitative estimate of drug-likeness (QED) is 0.0528. The van der Waals surface area contributed by atoms with Gasteiger partial charge >= 0.3 is 11.8 Å². The first-order chi connectivity index (χ1) is 28.3. The summed E-state index contributed by atoms with van der Waals surface area (Å²) in [6.45, 7) is 12.4. The minimum Gasteiger partial charge on any atom is -0.507 e. The van der Waals surface area contributed by atoms with Crippen molar-refractivity contribution in [1.29, 1.82) is 0 Å². The Kier molecular flexibility index (Phi) is 14.0. The number of methoxy groups -OCH3 is 1. The number of benzene rings is 3. The van der Waals surface area contributed by atoms with Crippen LogP contribution in [0.15, 0.2) is 71.6 Å². The topological polar surface area (TPSA) is 223 Å². The fraction of sp³-hybridized carbons (Fsp3) is 0.422. The van der Waals surface area contributed by atoms with Gasteiger partial charge in [0.2, 0.25) is 0 Å². The fourth-order valence-electron chi connectivity index (χ4n) is 7.65. The van der Waals surface area contributed by atoms with Crippen molar-refractivity contribution in [2.75, 3.05) is 12.4 Å². The summed E-state index contributed by atoms with van der Waals surface area (Å²) in [6, 6.07) is 9.10. The standard InChI is InChI=1S/C45H54N2O13/c1-22-14-13-15-23(2)44(55)47-35-30(20-46-58-21-29-16-11-10-12-17-29)39(52)32-33(40(35)53)38(51)27(6)42-34(32)43(54)45(8,60-42)57-19-18-31(56-9)24(3)41(59-28(7)48)26(5)37(50)25(4)36(22)49/h10-20,22,24-26,31,36-37,41,49-53H,21H2,1-9H3,(H,47,55)/b14-13+,19-18+,23-15+,46-20+. The number of rotatable bonds is 6. The molecule has 0 spiro atoms. The van der Waals surface area contributed by atoms with Crippen LogP contribution in [0.3, 0.4) is 0 Å². The van der Waals surface area contributed by atoms with Gasteiger partial charge in [0.1, 0.15) is 30.0 Å². The van der Waals surface area contributed by atoms with E-state index in [0.29, 0.717) is 0 Å². The van der Waals surface area contributed by atoms with Gasteiger partial charge in [0.15, 0.2) is 5.75 Å². The number of hydrogen-bond donors (Lipinski definition) is 6. The van der Waals surface area contributed by atoms with E-state index in [1.165, 1.54) is 53.2 Å². The monoisotopic (exact) mass is 830 g/mol. The van der Waals surface area contributed by atoms with E-state index in [2.05, 4.69) is 10.5 Å². The van der Waals surface area contributed by atoms with Crippen molar-refractivity contribution < 1.29 is 63.7 Å². The van der Waals surface area contributed by atoms with E-state index in [1.54, 1.807) is 39.8 Å². The minimum absolute atomic E-state index is 0.0270. The molecular weight excluding hydrogens is 776 g/mol. The predicted octanol–water partition coefficient (Wildman–Crippen LogP) is 6.30. The van der Waals surface area contributed by atoms with Crippen LogP contribution in [-0.4, -0.2) is 86.7 Å². The Balaban J connectivity index is 1.69. The lowest BCUT2D eigenvalue weighted by Crippen LogP contribution is -2.46. The van der Waals surface area contributed by atoms with Gasteiger partial charge in [0.25, 0.3) is 11.7 Å². The molecule has 0 aliphatic carbocycles. The third-order valence-corrected chi connectivity index (χ3v) is 11.4. The highest BCUT2D eigenvalue weighted by Crippen LogP contribution is 2.55. The van der Waals surface area contributed by atoms with Gasteiger partial charge in [-0.05, 0) is 25.5 Å². The first kappa shape index (κ1) is 45.2. The maximum absolute atomic E-state index is 14.4. The largest absolute Gasteiger partial charge is 0.507 e. The highest BCUT2D eigenvalue weighted by atomic mass is 16.7. The number of phenols is 3. The van der Waals surface area contributed by atoms with Crippen molar-refractivity contribution in [2.45, 2.75) is 92.2 Å². The SMILES string of the molecule is COC1/C=C/OC2(C)Oc3c(C)c(O)c4c(O)c(c(/C=N/OCc5ccccc5)c(O)c4c3C2=O)NC(=O)/C(C)=C/C=C/C(C)C(O)C(C)C(O)C(C)C(OC(C)=O)C1C. The maximum Gasteiger partial charge on any atom is 0.312 e. The van der Waals surface area contributed by atoms with Crippen LogP contribution in [0.2, 0.25) is 0 Å². The lowest BCUT2D eigenvalue weighted by Gasteiger charge is -2.38. The molecule has 322 valence electrons. The molecule has 3 aromatic carbocycles. The molecular formula is C45H54N2O13. The number of nitrogens with zero attached hydrogens (tertiary/aromatic N) is 1. The Morgan fingerprint density at radius 2 is 1.62 bits per heavy atom. The third-order valence-electron chi connectivity index (χ3n) is 11.4. The highest BCUT2D eigenvalue weighted by molar-refractivity contribution is 6.23. The lowest BCUT2D eigenvalue weighted by molar-refractivity contribution is -0.160. The molecule has 9 atom stereocenters. The lowest BCUT2D eigenvalue weighted by atomic mass is 9.78. The van der Waals surface area contributed by atoms with Crippen LogP contribution in [0, 0.1) is 30.6 Å². The maximum atomic E-state index is 14.4. The number of aromatic hydroxyl groups is 3. The molecule has 0 aromatic heterocycles. The van der Waals surface area contributed by atoms with Crippen molar-refractivity contribution in [2.24, 2.45) is 28.8 Å². The van der Waals surface area contributed by atoms with Gasteiger partial charge in [-0.1, -0.05) is 81.4 Å². The van der Waals surface area contributed by atoms with E-state index in [4.69, 9.17) is 23.8 Å². The first-order valence-electron chi connectivity index (χ1n) is 19.6. The summed E-state index contributed by atoms with van der Waals surface area (Å²) < 4.78 is 23.5.